The van der Waals surface area contributed by atoms with E-state index >= 15 is 0 Å². The largest absolute Gasteiger partial charge is 0.300 e. The highest BCUT2D eigenvalue weighted by molar-refractivity contribution is 8.18. The monoisotopic (exact) mass is 373 g/mol. The smallest absolute Gasteiger partial charge is 0.294 e. The fourth-order valence-electron chi connectivity index (χ4n) is 2.22. The van der Waals surface area contributed by atoms with Crippen LogP contribution in [-0.2, 0) is 16.0 Å². The standard InChI is InChI=1S/C17H15N3O3S2/c1-2-11-3-5-12(6-4-11)9-13-15(22)20(17(23)25-13)10-14(21)19-16-18-7-8-24-16/h3-9H,2,10H2,1H3,(H,18,19,21). The Kier molecular flexibility index (Phi) is 5.30. The van der Waals surface area contributed by atoms with Crippen molar-refractivity contribution in [2.45, 2.75) is 13.3 Å². The minimum absolute atomic E-state index is 0.316. The average molecular weight is 373 g/mol. The first kappa shape index (κ1) is 17.4. The van der Waals surface area contributed by atoms with E-state index in [1.165, 1.54) is 16.9 Å². The van der Waals surface area contributed by atoms with Crippen LogP contribution in [0, 0.1) is 0 Å². The SMILES string of the molecule is CCc1ccc(C=C2SC(=O)N(CC(=O)Nc3nccs3)C2=O)cc1. The van der Waals surface area contributed by atoms with Crippen molar-refractivity contribution in [2.75, 3.05) is 11.9 Å². The Balaban J connectivity index is 1.68. The topological polar surface area (TPSA) is 79.4 Å². The fraction of sp³-hybridized carbons (Fsp3) is 0.176. The number of nitrogens with one attached hydrogen (secondary N) is 1. The predicted molar refractivity (Wildman–Crippen MR) is 99.2 cm³/mol. The van der Waals surface area contributed by atoms with Gasteiger partial charge in [-0.15, -0.1) is 11.3 Å². The van der Waals surface area contributed by atoms with Gasteiger partial charge in [0.05, 0.1) is 4.91 Å². The fourth-order valence-corrected chi connectivity index (χ4v) is 3.61. The van der Waals surface area contributed by atoms with Crippen LogP contribution >= 0.6 is 23.1 Å². The molecule has 128 valence electrons. The summed E-state index contributed by atoms with van der Waals surface area (Å²) in [7, 11) is 0. The van der Waals surface area contributed by atoms with Crippen LogP contribution < -0.4 is 5.32 Å². The molecule has 0 radical (unpaired) electrons. The second-order valence-electron chi connectivity index (χ2n) is 5.25. The van der Waals surface area contributed by atoms with Crippen LogP contribution in [0.5, 0.6) is 0 Å². The van der Waals surface area contributed by atoms with Crippen LogP contribution in [0.1, 0.15) is 18.1 Å². The Morgan fingerprint density at radius 1 is 1.28 bits per heavy atom. The number of nitrogens with zero attached hydrogens (tertiary/aromatic N) is 2. The first-order chi connectivity index (χ1) is 12.1. The number of rotatable bonds is 5. The molecule has 1 N–H and O–H groups in total. The maximum atomic E-state index is 12.4. The van der Waals surface area contributed by atoms with E-state index in [1.807, 2.05) is 24.3 Å². The molecule has 1 aliphatic heterocycles. The summed E-state index contributed by atoms with van der Waals surface area (Å²) in [5.74, 6) is -0.908. The highest BCUT2D eigenvalue weighted by atomic mass is 32.2. The molecule has 8 heteroatoms. The van der Waals surface area contributed by atoms with Crippen molar-refractivity contribution < 1.29 is 14.4 Å². The van der Waals surface area contributed by atoms with Crippen molar-refractivity contribution in [1.29, 1.82) is 0 Å². The molecule has 0 atom stereocenters. The summed E-state index contributed by atoms with van der Waals surface area (Å²) in [4.78, 5) is 41.6. The van der Waals surface area contributed by atoms with Crippen molar-refractivity contribution in [1.82, 2.24) is 9.88 Å². The number of carbonyl (C=O) groups is 3. The number of thioether (sulfide) groups is 1. The van der Waals surface area contributed by atoms with Crippen LogP contribution in [0.25, 0.3) is 6.08 Å². The number of amides is 3. The third-order valence-corrected chi connectivity index (χ3v) is 5.14. The van der Waals surface area contributed by atoms with Crippen molar-refractivity contribution in [3.63, 3.8) is 0 Å². The summed E-state index contributed by atoms with van der Waals surface area (Å²) in [5.41, 5.74) is 2.04. The van der Waals surface area contributed by atoms with Gasteiger partial charge < -0.3 is 5.32 Å². The quantitative estimate of drug-likeness (QED) is 0.813. The van der Waals surface area contributed by atoms with Gasteiger partial charge in [-0.2, -0.15) is 0 Å². The normalized spacial score (nSPS) is 15.9. The molecule has 1 saturated heterocycles. The highest BCUT2D eigenvalue weighted by Crippen LogP contribution is 2.32. The van der Waals surface area contributed by atoms with E-state index in [9.17, 15) is 14.4 Å². The van der Waals surface area contributed by atoms with Crippen molar-refractivity contribution >= 4 is 51.4 Å². The highest BCUT2D eigenvalue weighted by Gasteiger charge is 2.36. The summed E-state index contributed by atoms with van der Waals surface area (Å²) in [5, 5.41) is 4.27. The summed E-state index contributed by atoms with van der Waals surface area (Å²) >= 11 is 2.11. The van der Waals surface area contributed by atoms with E-state index in [0.717, 1.165) is 28.6 Å². The van der Waals surface area contributed by atoms with Crippen LogP contribution in [0.4, 0.5) is 9.93 Å². The van der Waals surface area contributed by atoms with E-state index in [0.29, 0.717) is 10.0 Å². The lowest BCUT2D eigenvalue weighted by Gasteiger charge is -2.11. The Hall–Kier alpha value is -2.45. The lowest BCUT2D eigenvalue weighted by atomic mass is 10.1. The molecule has 0 bridgehead atoms. The lowest BCUT2D eigenvalue weighted by molar-refractivity contribution is -0.127. The zero-order valence-electron chi connectivity index (χ0n) is 13.4. The third-order valence-electron chi connectivity index (χ3n) is 3.54. The van der Waals surface area contributed by atoms with E-state index < -0.39 is 17.1 Å². The summed E-state index contributed by atoms with van der Waals surface area (Å²) in [6.45, 7) is 1.74. The molecule has 2 aromatic rings. The van der Waals surface area contributed by atoms with Crippen LogP contribution in [0.2, 0.25) is 0 Å². The number of benzene rings is 1. The van der Waals surface area contributed by atoms with Gasteiger partial charge in [0.1, 0.15) is 6.54 Å². The van der Waals surface area contributed by atoms with Crippen LogP contribution in [0.3, 0.4) is 0 Å². The molecule has 0 spiro atoms. The molecule has 0 aliphatic carbocycles. The number of thiazole rings is 1. The summed E-state index contributed by atoms with van der Waals surface area (Å²) in [6.07, 6.45) is 4.17. The second kappa shape index (κ2) is 7.62. The minimum atomic E-state index is -0.455. The molecular formula is C17H15N3O3S2. The number of aromatic nitrogens is 1. The van der Waals surface area contributed by atoms with Crippen molar-refractivity contribution in [3.05, 3.63) is 51.9 Å². The van der Waals surface area contributed by atoms with E-state index in [4.69, 9.17) is 0 Å². The van der Waals surface area contributed by atoms with Gasteiger partial charge >= 0.3 is 0 Å². The van der Waals surface area contributed by atoms with Crippen LogP contribution in [-0.4, -0.2) is 33.5 Å². The number of hydrogen-bond acceptors (Lipinski definition) is 6. The van der Waals surface area contributed by atoms with Gasteiger partial charge in [-0.05, 0) is 35.4 Å². The maximum Gasteiger partial charge on any atom is 0.294 e. The van der Waals surface area contributed by atoms with Gasteiger partial charge in [-0.1, -0.05) is 31.2 Å². The summed E-state index contributed by atoms with van der Waals surface area (Å²) < 4.78 is 0. The Labute approximate surface area is 152 Å². The zero-order chi connectivity index (χ0) is 17.8. The van der Waals surface area contributed by atoms with Gasteiger partial charge in [0.25, 0.3) is 11.1 Å². The number of aryl methyl sites for hydroxylation is 1. The molecule has 1 aromatic carbocycles. The molecule has 25 heavy (non-hydrogen) atoms. The van der Waals surface area contributed by atoms with E-state index in [-0.39, 0.29) is 6.54 Å². The van der Waals surface area contributed by atoms with Gasteiger partial charge in [-0.25, -0.2) is 4.98 Å². The maximum absolute atomic E-state index is 12.4. The van der Waals surface area contributed by atoms with E-state index in [2.05, 4.69) is 17.2 Å². The van der Waals surface area contributed by atoms with Crippen LogP contribution in [0.15, 0.2) is 40.7 Å². The Bertz CT molecular complexity index is 829. The molecule has 3 amide bonds. The Morgan fingerprint density at radius 2 is 2.04 bits per heavy atom. The van der Waals surface area contributed by atoms with Crippen molar-refractivity contribution in [3.8, 4) is 0 Å². The molecule has 1 fully saturated rings. The van der Waals surface area contributed by atoms with E-state index in [1.54, 1.807) is 17.7 Å². The second-order valence-corrected chi connectivity index (χ2v) is 7.14. The minimum Gasteiger partial charge on any atom is -0.300 e. The number of anilines is 1. The molecular weight excluding hydrogens is 358 g/mol. The molecule has 3 rings (SSSR count). The first-order valence-electron chi connectivity index (χ1n) is 7.60. The first-order valence-corrected chi connectivity index (χ1v) is 9.30. The molecule has 6 nitrogen and oxygen atoms in total. The number of carbonyl (C=O) groups excluding carboxylic acids is 3. The molecule has 1 aliphatic rings. The molecule has 0 saturated carbocycles. The molecule has 2 heterocycles. The number of hydrogen-bond donors (Lipinski definition) is 1. The van der Waals surface area contributed by atoms with Crippen molar-refractivity contribution in [2.24, 2.45) is 0 Å². The zero-order valence-corrected chi connectivity index (χ0v) is 15.0. The predicted octanol–water partition coefficient (Wildman–Crippen LogP) is 3.38. The van der Waals surface area contributed by atoms with Gasteiger partial charge in [0.15, 0.2) is 5.13 Å². The van der Waals surface area contributed by atoms with Gasteiger partial charge in [0.2, 0.25) is 5.91 Å². The molecule has 1 aromatic heterocycles. The van der Waals surface area contributed by atoms with Gasteiger partial charge in [0, 0.05) is 11.6 Å². The third kappa shape index (κ3) is 4.15. The molecule has 0 unspecified atom stereocenters. The average Bonchev–Trinajstić information content (AvgIpc) is 3.20. The van der Waals surface area contributed by atoms with Gasteiger partial charge in [-0.3, -0.25) is 19.3 Å². The summed E-state index contributed by atoms with van der Waals surface area (Å²) in [6, 6.07) is 7.78. The lowest BCUT2D eigenvalue weighted by Crippen LogP contribution is -2.36. The Morgan fingerprint density at radius 3 is 2.68 bits per heavy atom. The number of imide groups is 1.